The standard InChI is InChI=1S/C25H32N4/c1-28(2)21-13-11-20(12-14-21)24-19-25(22-9-4-5-10-23(22)27-24)26-15-8-18-29-16-6-3-7-17-29/h4-5,9-14,19H,3,6-8,15-18H2,1-2H3,(H,26,27). The van der Waals surface area contributed by atoms with Crippen molar-refractivity contribution in [2.75, 3.05) is 50.5 Å². The van der Waals surface area contributed by atoms with Crippen molar-refractivity contribution in [3.63, 3.8) is 0 Å². The quantitative estimate of drug-likeness (QED) is 0.560. The van der Waals surface area contributed by atoms with E-state index in [1.54, 1.807) is 0 Å². The number of likely N-dealkylation sites (tertiary alicyclic amines) is 1. The molecule has 0 unspecified atom stereocenters. The van der Waals surface area contributed by atoms with Gasteiger partial charge in [-0.05, 0) is 63.2 Å². The maximum atomic E-state index is 4.92. The Morgan fingerprint density at radius 3 is 2.48 bits per heavy atom. The Bertz CT molecular complexity index is 927. The first-order valence-corrected chi connectivity index (χ1v) is 10.8. The largest absolute Gasteiger partial charge is 0.384 e. The number of para-hydroxylation sites is 1. The number of benzene rings is 2. The average molecular weight is 389 g/mol. The van der Waals surface area contributed by atoms with Crippen LogP contribution in [0.5, 0.6) is 0 Å². The number of hydrogen-bond acceptors (Lipinski definition) is 4. The van der Waals surface area contributed by atoms with Gasteiger partial charge in [0.1, 0.15) is 0 Å². The molecule has 152 valence electrons. The molecule has 1 fully saturated rings. The molecule has 2 heterocycles. The second kappa shape index (κ2) is 9.27. The number of fused-ring (bicyclic) bond motifs is 1. The molecular formula is C25H32N4. The first kappa shape index (κ1) is 19.7. The van der Waals surface area contributed by atoms with Crippen molar-refractivity contribution in [3.05, 3.63) is 54.6 Å². The Labute approximate surface area is 174 Å². The van der Waals surface area contributed by atoms with E-state index in [0.717, 1.165) is 23.3 Å². The molecule has 4 rings (SSSR count). The van der Waals surface area contributed by atoms with E-state index in [0.29, 0.717) is 0 Å². The zero-order chi connectivity index (χ0) is 20.1. The molecule has 1 N–H and O–H groups in total. The van der Waals surface area contributed by atoms with E-state index in [1.807, 2.05) is 0 Å². The van der Waals surface area contributed by atoms with Gasteiger partial charge in [-0.2, -0.15) is 0 Å². The van der Waals surface area contributed by atoms with Crippen molar-refractivity contribution in [1.82, 2.24) is 9.88 Å². The zero-order valence-corrected chi connectivity index (χ0v) is 17.7. The number of hydrogen-bond donors (Lipinski definition) is 1. The van der Waals surface area contributed by atoms with Crippen LogP contribution in [-0.4, -0.2) is 50.2 Å². The summed E-state index contributed by atoms with van der Waals surface area (Å²) in [6.07, 6.45) is 5.29. The van der Waals surface area contributed by atoms with E-state index < -0.39 is 0 Å². The highest BCUT2D eigenvalue weighted by molar-refractivity contribution is 5.93. The first-order chi connectivity index (χ1) is 14.2. The molecule has 4 nitrogen and oxygen atoms in total. The number of aromatic nitrogens is 1. The fourth-order valence-electron chi connectivity index (χ4n) is 4.11. The van der Waals surface area contributed by atoms with Crippen LogP contribution in [-0.2, 0) is 0 Å². The third kappa shape index (κ3) is 4.88. The van der Waals surface area contributed by atoms with Crippen LogP contribution in [0.2, 0.25) is 0 Å². The Balaban J connectivity index is 1.51. The lowest BCUT2D eigenvalue weighted by atomic mass is 10.1. The summed E-state index contributed by atoms with van der Waals surface area (Å²) in [5.41, 5.74) is 5.59. The van der Waals surface area contributed by atoms with Crippen molar-refractivity contribution in [2.24, 2.45) is 0 Å². The molecule has 0 bridgehead atoms. The van der Waals surface area contributed by atoms with E-state index in [2.05, 4.69) is 83.8 Å². The van der Waals surface area contributed by atoms with Gasteiger partial charge < -0.3 is 15.1 Å². The highest BCUT2D eigenvalue weighted by Gasteiger charge is 2.10. The van der Waals surface area contributed by atoms with Gasteiger partial charge in [-0.15, -0.1) is 0 Å². The molecule has 4 heteroatoms. The molecule has 29 heavy (non-hydrogen) atoms. The topological polar surface area (TPSA) is 31.4 Å². The van der Waals surface area contributed by atoms with Gasteiger partial charge in [0.2, 0.25) is 0 Å². The number of anilines is 2. The van der Waals surface area contributed by atoms with Crippen molar-refractivity contribution in [3.8, 4) is 11.3 Å². The monoisotopic (exact) mass is 388 g/mol. The number of piperidine rings is 1. The second-order valence-corrected chi connectivity index (χ2v) is 8.20. The third-order valence-corrected chi connectivity index (χ3v) is 5.81. The SMILES string of the molecule is CN(C)c1ccc(-c2cc(NCCCN3CCCCC3)c3ccccc3n2)cc1. The van der Waals surface area contributed by atoms with Crippen LogP contribution in [0, 0.1) is 0 Å². The van der Waals surface area contributed by atoms with Crippen molar-refractivity contribution in [2.45, 2.75) is 25.7 Å². The van der Waals surface area contributed by atoms with Crippen LogP contribution in [0.3, 0.4) is 0 Å². The highest BCUT2D eigenvalue weighted by atomic mass is 15.1. The molecule has 1 saturated heterocycles. The average Bonchev–Trinajstić information content (AvgIpc) is 2.77. The maximum Gasteiger partial charge on any atom is 0.0730 e. The maximum absolute atomic E-state index is 4.92. The molecule has 0 amide bonds. The molecule has 1 aliphatic rings. The van der Waals surface area contributed by atoms with Gasteiger partial charge in [-0.3, -0.25) is 0 Å². The Kier molecular flexibility index (Phi) is 6.30. The van der Waals surface area contributed by atoms with Crippen molar-refractivity contribution >= 4 is 22.3 Å². The predicted molar refractivity (Wildman–Crippen MR) is 125 cm³/mol. The molecule has 0 saturated carbocycles. The van der Waals surface area contributed by atoms with E-state index in [1.165, 1.54) is 62.1 Å². The van der Waals surface area contributed by atoms with Crippen molar-refractivity contribution in [1.29, 1.82) is 0 Å². The number of rotatable bonds is 7. The minimum atomic E-state index is 0.990. The molecule has 0 aliphatic carbocycles. The summed E-state index contributed by atoms with van der Waals surface area (Å²) >= 11 is 0. The van der Waals surface area contributed by atoms with Crippen LogP contribution >= 0.6 is 0 Å². The molecule has 0 radical (unpaired) electrons. The minimum Gasteiger partial charge on any atom is -0.384 e. The summed E-state index contributed by atoms with van der Waals surface area (Å²) in [6.45, 7) is 4.72. The van der Waals surface area contributed by atoms with E-state index in [4.69, 9.17) is 4.98 Å². The lowest BCUT2D eigenvalue weighted by molar-refractivity contribution is 0.228. The van der Waals surface area contributed by atoms with Gasteiger partial charge in [0, 0.05) is 43.0 Å². The van der Waals surface area contributed by atoms with E-state index in [-0.39, 0.29) is 0 Å². The fraction of sp³-hybridized carbons (Fsp3) is 0.400. The van der Waals surface area contributed by atoms with Crippen LogP contribution in [0.15, 0.2) is 54.6 Å². The van der Waals surface area contributed by atoms with E-state index in [9.17, 15) is 0 Å². The number of nitrogens with one attached hydrogen (secondary N) is 1. The summed E-state index contributed by atoms with van der Waals surface area (Å²) < 4.78 is 0. The zero-order valence-electron chi connectivity index (χ0n) is 17.7. The minimum absolute atomic E-state index is 0.990. The van der Waals surface area contributed by atoms with Crippen LogP contribution in [0.1, 0.15) is 25.7 Å². The first-order valence-electron chi connectivity index (χ1n) is 10.8. The Morgan fingerprint density at radius 1 is 0.966 bits per heavy atom. The van der Waals surface area contributed by atoms with Crippen LogP contribution in [0.4, 0.5) is 11.4 Å². The lowest BCUT2D eigenvalue weighted by Gasteiger charge is -2.26. The molecule has 1 aromatic heterocycles. The Hall–Kier alpha value is -2.59. The third-order valence-electron chi connectivity index (χ3n) is 5.81. The summed E-state index contributed by atoms with van der Waals surface area (Å²) in [4.78, 5) is 9.64. The normalized spacial score (nSPS) is 14.8. The summed E-state index contributed by atoms with van der Waals surface area (Å²) in [5.74, 6) is 0. The van der Waals surface area contributed by atoms with Gasteiger partial charge >= 0.3 is 0 Å². The van der Waals surface area contributed by atoms with Crippen LogP contribution in [0.25, 0.3) is 22.2 Å². The summed E-state index contributed by atoms with van der Waals surface area (Å²) in [7, 11) is 4.13. The van der Waals surface area contributed by atoms with Gasteiger partial charge in [-0.25, -0.2) is 4.98 Å². The van der Waals surface area contributed by atoms with Gasteiger partial charge in [0.15, 0.2) is 0 Å². The lowest BCUT2D eigenvalue weighted by Crippen LogP contribution is -2.31. The van der Waals surface area contributed by atoms with Gasteiger partial charge in [0.05, 0.1) is 11.2 Å². The Morgan fingerprint density at radius 2 is 1.72 bits per heavy atom. The van der Waals surface area contributed by atoms with Crippen molar-refractivity contribution < 1.29 is 0 Å². The molecule has 1 aliphatic heterocycles. The predicted octanol–water partition coefficient (Wildman–Crippen LogP) is 5.26. The molecule has 0 spiro atoms. The smallest absolute Gasteiger partial charge is 0.0730 e. The highest BCUT2D eigenvalue weighted by Crippen LogP contribution is 2.29. The molecule has 0 atom stereocenters. The van der Waals surface area contributed by atoms with Crippen LogP contribution < -0.4 is 10.2 Å². The molecule has 3 aromatic rings. The van der Waals surface area contributed by atoms with E-state index >= 15 is 0 Å². The fourth-order valence-corrected chi connectivity index (χ4v) is 4.11. The molecule has 2 aromatic carbocycles. The molecular weight excluding hydrogens is 356 g/mol. The summed E-state index contributed by atoms with van der Waals surface area (Å²) in [5, 5.41) is 4.89. The summed E-state index contributed by atoms with van der Waals surface area (Å²) in [6, 6.07) is 19.2. The number of nitrogens with zero attached hydrogens (tertiary/aromatic N) is 3. The number of pyridine rings is 1. The van der Waals surface area contributed by atoms with Gasteiger partial charge in [0.25, 0.3) is 0 Å². The van der Waals surface area contributed by atoms with Gasteiger partial charge in [-0.1, -0.05) is 36.8 Å². The second-order valence-electron chi connectivity index (χ2n) is 8.20.